The zero-order valence-electron chi connectivity index (χ0n) is 19.3. The fraction of sp³-hybridized carbons (Fsp3) is 0. The maximum atomic E-state index is 13.4. The summed E-state index contributed by atoms with van der Waals surface area (Å²) in [6.07, 6.45) is 1.94. The zero-order valence-corrected chi connectivity index (χ0v) is 20.3. The molecule has 7 rings (SSSR count). The van der Waals surface area contributed by atoms with Crippen molar-refractivity contribution in [3.05, 3.63) is 121 Å². The third-order valence-electron chi connectivity index (χ3n) is 6.86. The van der Waals surface area contributed by atoms with Gasteiger partial charge in [0, 0.05) is 49.3 Å². The lowest BCUT2D eigenvalue weighted by atomic mass is 9.94. The fourth-order valence-electron chi connectivity index (χ4n) is 5.16. The first-order valence-corrected chi connectivity index (χ1v) is 13.4. The SMILES string of the molecule is O=[PH](c1ccccc1)c1ccc2c(c1)nc(-c1ccccc1)c1ccc3ncc4ccccc4c3c12. The molecule has 0 radical (unpaired) electrons. The number of hydrogen-bond donors (Lipinski definition) is 0. The first kappa shape index (κ1) is 21.0. The lowest BCUT2D eigenvalue weighted by Gasteiger charge is -2.14. The summed E-state index contributed by atoms with van der Waals surface area (Å²) in [5.74, 6) is 0. The summed E-state index contributed by atoms with van der Waals surface area (Å²) in [5.41, 5.74) is 3.77. The van der Waals surface area contributed by atoms with Gasteiger partial charge in [-0.15, -0.1) is 0 Å². The van der Waals surface area contributed by atoms with Gasteiger partial charge in [-0.2, -0.15) is 0 Å². The number of benzene rings is 5. The highest BCUT2D eigenvalue weighted by Crippen LogP contribution is 2.39. The van der Waals surface area contributed by atoms with Gasteiger partial charge in [-0.1, -0.05) is 97.1 Å². The number of nitrogens with zero attached hydrogens (tertiary/aromatic N) is 2. The molecule has 0 amide bonds. The van der Waals surface area contributed by atoms with Crippen LogP contribution in [0.3, 0.4) is 0 Å². The monoisotopic (exact) mass is 480 g/mol. The van der Waals surface area contributed by atoms with Crippen LogP contribution >= 0.6 is 7.80 Å². The van der Waals surface area contributed by atoms with Crippen LogP contribution in [0.15, 0.2) is 121 Å². The third kappa shape index (κ3) is 3.32. The molecule has 170 valence electrons. The second-order valence-electron chi connectivity index (χ2n) is 8.98. The molecule has 0 aliphatic rings. The molecule has 2 aromatic heterocycles. The van der Waals surface area contributed by atoms with Crippen molar-refractivity contribution in [2.45, 2.75) is 0 Å². The minimum atomic E-state index is -2.14. The van der Waals surface area contributed by atoms with Gasteiger partial charge >= 0.3 is 0 Å². The summed E-state index contributed by atoms with van der Waals surface area (Å²) in [6, 6.07) is 38.7. The van der Waals surface area contributed by atoms with Crippen molar-refractivity contribution in [2.75, 3.05) is 0 Å². The molecule has 0 saturated heterocycles. The quantitative estimate of drug-likeness (QED) is 0.197. The Balaban J connectivity index is 1.62. The van der Waals surface area contributed by atoms with Crippen molar-refractivity contribution >= 4 is 61.8 Å². The van der Waals surface area contributed by atoms with Crippen LogP contribution in [0, 0.1) is 0 Å². The average molecular weight is 481 g/mol. The van der Waals surface area contributed by atoms with E-state index in [1.807, 2.05) is 72.9 Å². The average Bonchev–Trinajstić information content (AvgIpc) is 2.96. The van der Waals surface area contributed by atoms with Crippen LogP contribution in [0.2, 0.25) is 0 Å². The van der Waals surface area contributed by atoms with Crippen molar-refractivity contribution in [1.29, 1.82) is 0 Å². The molecule has 0 spiro atoms. The number of pyridine rings is 2. The molecule has 0 aliphatic heterocycles. The number of fused-ring (bicyclic) bond motifs is 7. The largest absolute Gasteiger partial charge is 0.317 e. The topological polar surface area (TPSA) is 42.9 Å². The molecule has 0 saturated carbocycles. The van der Waals surface area contributed by atoms with Crippen LogP contribution in [0.1, 0.15) is 0 Å². The zero-order chi connectivity index (χ0) is 24.1. The van der Waals surface area contributed by atoms with Gasteiger partial charge in [0.2, 0.25) is 0 Å². The van der Waals surface area contributed by atoms with Crippen LogP contribution < -0.4 is 10.6 Å². The third-order valence-corrected chi connectivity index (χ3v) is 8.55. The summed E-state index contributed by atoms with van der Waals surface area (Å²) in [7, 11) is -2.14. The van der Waals surface area contributed by atoms with Crippen molar-refractivity contribution in [3.8, 4) is 11.3 Å². The molecular weight excluding hydrogens is 459 g/mol. The van der Waals surface area contributed by atoms with E-state index in [2.05, 4.69) is 48.5 Å². The van der Waals surface area contributed by atoms with Gasteiger partial charge in [0.1, 0.15) is 7.80 Å². The number of rotatable bonds is 3. The Bertz CT molecular complexity index is 1950. The van der Waals surface area contributed by atoms with E-state index >= 15 is 0 Å². The molecule has 2 heterocycles. The highest BCUT2D eigenvalue weighted by atomic mass is 31.1. The molecule has 1 atom stereocenters. The Kier molecular flexibility index (Phi) is 4.90. The second-order valence-corrected chi connectivity index (χ2v) is 10.8. The Labute approximate surface area is 208 Å². The van der Waals surface area contributed by atoms with Gasteiger partial charge in [0.15, 0.2) is 0 Å². The van der Waals surface area contributed by atoms with Crippen LogP contribution in [-0.4, -0.2) is 9.97 Å². The van der Waals surface area contributed by atoms with Gasteiger partial charge in [-0.25, -0.2) is 4.98 Å². The van der Waals surface area contributed by atoms with E-state index in [1.54, 1.807) is 0 Å². The van der Waals surface area contributed by atoms with Gasteiger partial charge in [0.05, 0.1) is 16.7 Å². The minimum Gasteiger partial charge on any atom is -0.317 e. The van der Waals surface area contributed by atoms with E-state index in [-0.39, 0.29) is 0 Å². The molecule has 0 fully saturated rings. The van der Waals surface area contributed by atoms with Crippen molar-refractivity contribution in [3.63, 3.8) is 0 Å². The predicted octanol–water partition coefficient (Wildman–Crippen LogP) is 7.27. The summed E-state index contributed by atoms with van der Waals surface area (Å²) in [4.78, 5) is 9.94. The van der Waals surface area contributed by atoms with E-state index < -0.39 is 7.80 Å². The maximum Gasteiger partial charge on any atom is 0.131 e. The number of hydrogen-bond acceptors (Lipinski definition) is 3. The lowest BCUT2D eigenvalue weighted by molar-refractivity contribution is 0.598. The smallest absolute Gasteiger partial charge is 0.131 e. The van der Waals surface area contributed by atoms with Crippen molar-refractivity contribution in [1.82, 2.24) is 9.97 Å². The van der Waals surface area contributed by atoms with Crippen LogP contribution in [0.4, 0.5) is 0 Å². The van der Waals surface area contributed by atoms with E-state index in [0.717, 1.165) is 59.8 Å². The van der Waals surface area contributed by atoms with Crippen LogP contribution in [0.25, 0.3) is 54.6 Å². The molecular formula is C32H21N2OP. The Morgan fingerprint density at radius 2 is 1.28 bits per heavy atom. The summed E-state index contributed by atoms with van der Waals surface area (Å²) >= 11 is 0. The first-order chi connectivity index (χ1) is 17.8. The van der Waals surface area contributed by atoms with Gasteiger partial charge in [-0.3, -0.25) is 4.98 Å². The Morgan fingerprint density at radius 1 is 0.556 bits per heavy atom. The highest BCUT2D eigenvalue weighted by molar-refractivity contribution is 7.61. The molecule has 36 heavy (non-hydrogen) atoms. The van der Waals surface area contributed by atoms with Crippen molar-refractivity contribution < 1.29 is 4.57 Å². The van der Waals surface area contributed by atoms with E-state index in [4.69, 9.17) is 9.97 Å². The van der Waals surface area contributed by atoms with Gasteiger partial charge in [0.25, 0.3) is 0 Å². The molecule has 7 aromatic rings. The number of aromatic nitrogens is 2. The molecule has 4 heteroatoms. The molecule has 5 aromatic carbocycles. The van der Waals surface area contributed by atoms with E-state index in [9.17, 15) is 4.57 Å². The van der Waals surface area contributed by atoms with Crippen LogP contribution in [-0.2, 0) is 4.57 Å². The normalized spacial score (nSPS) is 12.4. The summed E-state index contributed by atoms with van der Waals surface area (Å²) < 4.78 is 13.4. The van der Waals surface area contributed by atoms with Gasteiger partial charge in [-0.05, 0) is 23.6 Å². The first-order valence-electron chi connectivity index (χ1n) is 12.0. The Morgan fingerprint density at radius 3 is 2.11 bits per heavy atom. The molecule has 0 bridgehead atoms. The Hall–Kier alpha value is -4.33. The molecule has 1 unspecified atom stereocenters. The van der Waals surface area contributed by atoms with Crippen LogP contribution in [0.5, 0.6) is 0 Å². The highest BCUT2D eigenvalue weighted by Gasteiger charge is 2.17. The molecule has 0 N–H and O–H groups in total. The standard InChI is InChI=1S/C32H21N2OP/c35-36(23-12-5-2-6-13-23)24-15-16-26-29(19-24)34-32(21-9-3-1-4-10-21)27-17-18-28-31(30(26)27)25-14-8-7-11-22(25)20-33-28/h1-20,36H. The maximum absolute atomic E-state index is 13.4. The summed E-state index contributed by atoms with van der Waals surface area (Å²) in [5, 5.41) is 8.32. The van der Waals surface area contributed by atoms with Gasteiger partial charge < -0.3 is 4.57 Å². The predicted molar refractivity (Wildman–Crippen MR) is 152 cm³/mol. The fourth-order valence-corrected chi connectivity index (χ4v) is 6.49. The summed E-state index contributed by atoms with van der Waals surface area (Å²) in [6.45, 7) is 0. The minimum absolute atomic E-state index is 0.813. The molecule has 0 aliphatic carbocycles. The molecule has 3 nitrogen and oxygen atoms in total. The van der Waals surface area contributed by atoms with Crippen molar-refractivity contribution in [2.24, 2.45) is 0 Å². The second kappa shape index (κ2) is 8.41. The van der Waals surface area contributed by atoms with E-state index in [1.165, 1.54) is 5.39 Å². The van der Waals surface area contributed by atoms with E-state index in [0.29, 0.717) is 0 Å². The lowest BCUT2D eigenvalue weighted by Crippen LogP contribution is -2.06.